The van der Waals surface area contributed by atoms with Crippen LogP contribution in [-0.2, 0) is 15.8 Å². The maximum Gasteiger partial charge on any atom is 0.416 e. The molecular weight excluding hydrogens is 355 g/mol. The molecule has 2 amide bonds. The van der Waals surface area contributed by atoms with Crippen LogP contribution in [0.2, 0.25) is 5.02 Å². The third-order valence-electron chi connectivity index (χ3n) is 3.76. The molecule has 0 saturated carbocycles. The second-order valence-electron chi connectivity index (χ2n) is 5.50. The third-order valence-corrected chi connectivity index (χ3v) is 4.00. The van der Waals surface area contributed by atoms with Gasteiger partial charge in [0.2, 0.25) is 5.91 Å². The summed E-state index contributed by atoms with van der Waals surface area (Å²) in [4.78, 5) is 25.3. The van der Waals surface area contributed by atoms with Crippen molar-refractivity contribution in [1.82, 2.24) is 0 Å². The third kappa shape index (κ3) is 3.17. The molecule has 1 heterocycles. The van der Waals surface area contributed by atoms with E-state index in [1.54, 1.807) is 12.1 Å². The molecule has 0 spiro atoms. The van der Waals surface area contributed by atoms with Crippen molar-refractivity contribution in [2.45, 2.75) is 13.1 Å². The predicted octanol–water partition coefficient (Wildman–Crippen LogP) is 4.79. The Morgan fingerprint density at radius 2 is 1.88 bits per heavy atom. The van der Waals surface area contributed by atoms with Crippen molar-refractivity contribution in [2.75, 3.05) is 4.90 Å². The molecule has 1 aliphatic rings. The van der Waals surface area contributed by atoms with Gasteiger partial charge in [-0.05, 0) is 35.9 Å². The molecule has 0 N–H and O–H groups in total. The summed E-state index contributed by atoms with van der Waals surface area (Å²) in [6, 6.07) is 9.22. The zero-order valence-corrected chi connectivity index (χ0v) is 13.7. The van der Waals surface area contributed by atoms with Gasteiger partial charge in [0.15, 0.2) is 0 Å². The van der Waals surface area contributed by atoms with Crippen molar-refractivity contribution in [2.24, 2.45) is 0 Å². The molecule has 7 heteroatoms. The molecule has 0 saturated heterocycles. The minimum absolute atomic E-state index is 0.140. The average Bonchev–Trinajstić information content (AvgIpc) is 2.78. The standard InChI is InChI=1S/C18H11ClF3NO2/c1-10(24)23-16-9-13(19)5-6-14(16)15(17(23)25)8-11-3-2-4-12(7-11)18(20,21)22/h2-9H,1H3/b15-8+. The number of carbonyl (C=O) groups is 2. The number of amides is 2. The Kier molecular flexibility index (Phi) is 4.16. The van der Waals surface area contributed by atoms with E-state index in [1.807, 2.05) is 0 Å². The van der Waals surface area contributed by atoms with E-state index in [9.17, 15) is 22.8 Å². The van der Waals surface area contributed by atoms with E-state index in [1.165, 1.54) is 31.2 Å². The van der Waals surface area contributed by atoms with Gasteiger partial charge in [-0.1, -0.05) is 29.8 Å². The highest BCUT2D eigenvalue weighted by Crippen LogP contribution is 2.40. The molecular formula is C18H11ClF3NO2. The van der Waals surface area contributed by atoms with Gasteiger partial charge in [-0.25, -0.2) is 4.90 Å². The quantitative estimate of drug-likeness (QED) is 0.681. The summed E-state index contributed by atoms with van der Waals surface area (Å²) in [7, 11) is 0. The first-order valence-corrected chi connectivity index (χ1v) is 7.60. The van der Waals surface area contributed by atoms with E-state index in [2.05, 4.69) is 0 Å². The lowest BCUT2D eigenvalue weighted by Gasteiger charge is -2.12. The number of imide groups is 1. The number of alkyl halides is 3. The summed E-state index contributed by atoms with van der Waals surface area (Å²) in [5, 5.41) is 0.345. The number of anilines is 1. The second-order valence-corrected chi connectivity index (χ2v) is 5.94. The number of rotatable bonds is 1. The molecule has 2 aromatic rings. The number of hydrogen-bond acceptors (Lipinski definition) is 2. The monoisotopic (exact) mass is 365 g/mol. The lowest BCUT2D eigenvalue weighted by molar-refractivity contribution is -0.137. The highest BCUT2D eigenvalue weighted by Gasteiger charge is 2.35. The van der Waals surface area contributed by atoms with Crippen molar-refractivity contribution < 1.29 is 22.8 Å². The van der Waals surface area contributed by atoms with Gasteiger partial charge in [0, 0.05) is 17.5 Å². The minimum Gasteiger partial charge on any atom is -0.274 e. The van der Waals surface area contributed by atoms with Crippen LogP contribution in [0.25, 0.3) is 11.6 Å². The van der Waals surface area contributed by atoms with Crippen molar-refractivity contribution in [1.29, 1.82) is 0 Å². The second kappa shape index (κ2) is 6.04. The van der Waals surface area contributed by atoms with Crippen LogP contribution in [0.15, 0.2) is 42.5 Å². The average molecular weight is 366 g/mol. The molecule has 3 nitrogen and oxygen atoms in total. The van der Waals surface area contributed by atoms with E-state index in [-0.39, 0.29) is 11.1 Å². The number of halogens is 4. The zero-order valence-electron chi connectivity index (χ0n) is 12.9. The lowest BCUT2D eigenvalue weighted by atomic mass is 10.0. The summed E-state index contributed by atoms with van der Waals surface area (Å²) in [6.45, 7) is 1.23. The Morgan fingerprint density at radius 3 is 2.52 bits per heavy atom. The van der Waals surface area contributed by atoms with E-state index < -0.39 is 23.6 Å². The lowest BCUT2D eigenvalue weighted by Crippen LogP contribution is -2.31. The van der Waals surface area contributed by atoms with Crippen LogP contribution < -0.4 is 4.90 Å². The smallest absolute Gasteiger partial charge is 0.274 e. The van der Waals surface area contributed by atoms with E-state index >= 15 is 0 Å². The fraction of sp³-hybridized carbons (Fsp3) is 0.111. The summed E-state index contributed by atoms with van der Waals surface area (Å²) in [5.41, 5.74) is 0.308. The van der Waals surface area contributed by atoms with Gasteiger partial charge in [-0.2, -0.15) is 13.2 Å². The first-order valence-electron chi connectivity index (χ1n) is 7.22. The van der Waals surface area contributed by atoms with E-state index in [0.29, 0.717) is 16.3 Å². The topological polar surface area (TPSA) is 37.4 Å². The van der Waals surface area contributed by atoms with Crippen LogP contribution in [0.5, 0.6) is 0 Å². The van der Waals surface area contributed by atoms with Crippen LogP contribution in [0.1, 0.15) is 23.6 Å². The number of fused-ring (bicyclic) bond motifs is 1. The van der Waals surface area contributed by atoms with Crippen LogP contribution in [0, 0.1) is 0 Å². The maximum atomic E-state index is 12.9. The fourth-order valence-corrected chi connectivity index (χ4v) is 2.85. The van der Waals surface area contributed by atoms with Gasteiger partial charge >= 0.3 is 6.18 Å². The Morgan fingerprint density at radius 1 is 1.16 bits per heavy atom. The maximum absolute atomic E-state index is 12.9. The van der Waals surface area contributed by atoms with E-state index in [0.717, 1.165) is 17.0 Å². The van der Waals surface area contributed by atoms with Crippen LogP contribution >= 0.6 is 11.6 Å². The molecule has 128 valence electrons. The molecule has 0 aromatic heterocycles. The molecule has 0 radical (unpaired) electrons. The van der Waals surface area contributed by atoms with Crippen molar-refractivity contribution in [3.63, 3.8) is 0 Å². The van der Waals surface area contributed by atoms with Gasteiger partial charge in [0.05, 0.1) is 16.8 Å². The molecule has 0 fully saturated rings. The Labute approximate surface area is 146 Å². The van der Waals surface area contributed by atoms with Crippen LogP contribution in [0.4, 0.5) is 18.9 Å². The number of nitrogens with zero attached hydrogens (tertiary/aromatic N) is 1. The normalized spacial score (nSPS) is 15.6. The molecule has 1 aliphatic heterocycles. The summed E-state index contributed by atoms with van der Waals surface area (Å²) < 4.78 is 38.6. The highest BCUT2D eigenvalue weighted by molar-refractivity contribution is 6.42. The van der Waals surface area contributed by atoms with Gasteiger partial charge < -0.3 is 0 Å². The Hall–Kier alpha value is -2.60. The molecule has 0 aliphatic carbocycles. The molecule has 2 aromatic carbocycles. The van der Waals surface area contributed by atoms with Crippen LogP contribution in [0.3, 0.4) is 0 Å². The zero-order chi connectivity index (χ0) is 18.4. The minimum atomic E-state index is -4.48. The molecule has 0 atom stereocenters. The largest absolute Gasteiger partial charge is 0.416 e. The molecule has 25 heavy (non-hydrogen) atoms. The fourth-order valence-electron chi connectivity index (χ4n) is 2.69. The number of benzene rings is 2. The van der Waals surface area contributed by atoms with E-state index in [4.69, 9.17) is 11.6 Å². The highest BCUT2D eigenvalue weighted by atomic mass is 35.5. The van der Waals surface area contributed by atoms with Crippen molar-refractivity contribution in [3.8, 4) is 0 Å². The first-order chi connectivity index (χ1) is 11.7. The number of carbonyl (C=O) groups excluding carboxylic acids is 2. The molecule has 3 rings (SSSR count). The van der Waals surface area contributed by atoms with Gasteiger partial charge in [0.25, 0.3) is 5.91 Å². The van der Waals surface area contributed by atoms with Crippen molar-refractivity contribution >= 4 is 40.8 Å². The Balaban J connectivity index is 2.14. The van der Waals surface area contributed by atoms with Crippen molar-refractivity contribution in [3.05, 3.63) is 64.2 Å². The molecule has 0 bridgehead atoms. The molecule has 0 unspecified atom stereocenters. The summed E-state index contributed by atoms with van der Waals surface area (Å²) in [5.74, 6) is -1.09. The summed E-state index contributed by atoms with van der Waals surface area (Å²) in [6.07, 6.45) is -3.14. The van der Waals surface area contributed by atoms with Gasteiger partial charge in [-0.15, -0.1) is 0 Å². The predicted molar refractivity (Wildman–Crippen MR) is 88.9 cm³/mol. The summed E-state index contributed by atoms with van der Waals surface area (Å²) >= 11 is 5.93. The number of hydrogen-bond donors (Lipinski definition) is 0. The van der Waals surface area contributed by atoms with Gasteiger partial charge in [0.1, 0.15) is 0 Å². The Bertz CT molecular complexity index is 919. The SMILES string of the molecule is CC(=O)N1C(=O)/C(=C/c2cccc(C(F)(F)F)c2)c2ccc(Cl)cc21. The van der Waals surface area contributed by atoms with Crippen LogP contribution in [-0.4, -0.2) is 11.8 Å². The van der Waals surface area contributed by atoms with Gasteiger partial charge in [-0.3, -0.25) is 9.59 Å². The first kappa shape index (κ1) is 17.2.